The Hall–Kier alpha value is -2.82. The highest BCUT2D eigenvalue weighted by Gasteiger charge is 2.24. The molecule has 2 rings (SSSR count). The van der Waals surface area contributed by atoms with Gasteiger partial charge in [-0.15, -0.1) is 0 Å². The molecule has 0 aromatic heterocycles. The highest BCUT2D eigenvalue weighted by Crippen LogP contribution is 2.12. The normalized spacial score (nSPS) is 12.0. The van der Waals surface area contributed by atoms with E-state index >= 15 is 0 Å². The highest BCUT2D eigenvalue weighted by atomic mass is 32.2. The van der Waals surface area contributed by atoms with Crippen LogP contribution in [-0.4, -0.2) is 39.8 Å². The van der Waals surface area contributed by atoms with Crippen molar-refractivity contribution in [2.45, 2.75) is 33.2 Å². The predicted octanol–water partition coefficient (Wildman–Crippen LogP) is 2.66. The molecule has 1 amide bonds. The molecule has 6 nitrogen and oxygen atoms in total. The quantitative estimate of drug-likeness (QED) is 0.585. The Balaban J connectivity index is 1.78. The van der Waals surface area contributed by atoms with Crippen molar-refractivity contribution in [3.8, 4) is 17.6 Å². The molecule has 31 heavy (non-hydrogen) atoms. The van der Waals surface area contributed by atoms with Crippen LogP contribution in [0.15, 0.2) is 48.5 Å². The zero-order chi connectivity index (χ0) is 22.9. The first-order valence-electron chi connectivity index (χ1n) is 10.2. The van der Waals surface area contributed by atoms with E-state index in [4.69, 9.17) is 4.74 Å². The number of carbonyl (C=O) groups excluding carboxylic acids is 1. The van der Waals surface area contributed by atoms with Crippen LogP contribution in [0.5, 0.6) is 5.75 Å². The summed E-state index contributed by atoms with van der Waals surface area (Å²) in [7, 11) is -3.46. The summed E-state index contributed by atoms with van der Waals surface area (Å²) < 4.78 is 30.9. The number of aryl methyl sites for hydroxylation is 1. The van der Waals surface area contributed by atoms with Crippen molar-refractivity contribution in [2.24, 2.45) is 5.92 Å². The molecule has 166 valence electrons. The van der Waals surface area contributed by atoms with Crippen LogP contribution in [0.2, 0.25) is 0 Å². The van der Waals surface area contributed by atoms with E-state index in [-0.39, 0.29) is 11.8 Å². The van der Waals surface area contributed by atoms with Gasteiger partial charge in [0.05, 0.1) is 6.26 Å². The van der Waals surface area contributed by atoms with E-state index in [2.05, 4.69) is 21.9 Å². The van der Waals surface area contributed by atoms with Gasteiger partial charge in [0.25, 0.3) is 0 Å². The fraction of sp³-hybridized carbons (Fsp3) is 0.375. The van der Waals surface area contributed by atoms with E-state index in [9.17, 15) is 13.2 Å². The zero-order valence-corrected chi connectivity index (χ0v) is 19.3. The molecule has 0 radical (unpaired) electrons. The number of benzene rings is 2. The minimum Gasteiger partial charge on any atom is -0.481 e. The SMILES string of the molecule is Cc1ccc(C#CCOc2ccc(CCNC(=O)C(NS(C)(=O)=O)C(C)C)cc2)cc1. The summed E-state index contributed by atoms with van der Waals surface area (Å²) in [5.74, 6) is 6.31. The van der Waals surface area contributed by atoms with E-state index in [1.807, 2.05) is 55.5 Å². The molecule has 0 bridgehead atoms. The molecule has 1 atom stereocenters. The summed E-state index contributed by atoms with van der Waals surface area (Å²) in [6.45, 7) is 6.35. The van der Waals surface area contributed by atoms with E-state index in [0.29, 0.717) is 19.6 Å². The zero-order valence-electron chi connectivity index (χ0n) is 18.4. The average Bonchev–Trinajstić information content (AvgIpc) is 2.71. The lowest BCUT2D eigenvalue weighted by Crippen LogP contribution is -2.49. The maximum absolute atomic E-state index is 12.3. The third kappa shape index (κ3) is 9.24. The molecule has 0 saturated carbocycles. The number of amides is 1. The Morgan fingerprint density at radius 3 is 2.29 bits per heavy atom. The second-order valence-electron chi connectivity index (χ2n) is 7.75. The van der Waals surface area contributed by atoms with Crippen LogP contribution in [0.1, 0.15) is 30.5 Å². The van der Waals surface area contributed by atoms with Crippen LogP contribution >= 0.6 is 0 Å². The number of ether oxygens (including phenoxy) is 1. The highest BCUT2D eigenvalue weighted by molar-refractivity contribution is 7.88. The maximum Gasteiger partial charge on any atom is 0.238 e. The molecule has 0 heterocycles. The third-order valence-electron chi connectivity index (χ3n) is 4.52. The van der Waals surface area contributed by atoms with Crippen molar-refractivity contribution in [3.63, 3.8) is 0 Å². The summed E-state index contributed by atoms with van der Waals surface area (Å²) >= 11 is 0. The molecule has 7 heteroatoms. The first kappa shape index (κ1) is 24.4. The van der Waals surface area contributed by atoms with Crippen molar-refractivity contribution in [2.75, 3.05) is 19.4 Å². The van der Waals surface area contributed by atoms with Gasteiger partial charge in [0.2, 0.25) is 15.9 Å². The number of hydrogen-bond acceptors (Lipinski definition) is 4. The van der Waals surface area contributed by atoms with Crippen molar-refractivity contribution >= 4 is 15.9 Å². The smallest absolute Gasteiger partial charge is 0.238 e. The lowest BCUT2D eigenvalue weighted by molar-refractivity contribution is -0.123. The molecule has 0 aliphatic carbocycles. The predicted molar refractivity (Wildman–Crippen MR) is 123 cm³/mol. The Labute approximate surface area is 185 Å². The van der Waals surface area contributed by atoms with Crippen molar-refractivity contribution < 1.29 is 17.9 Å². The standard InChI is InChI=1S/C24H30N2O4S/c1-18(2)23(26-31(4,28)29)24(27)25-16-15-21-11-13-22(14-12-21)30-17-5-6-20-9-7-19(3)8-10-20/h7-14,18,23,26H,15-17H2,1-4H3,(H,25,27). The molecule has 0 saturated heterocycles. The van der Waals surface area contributed by atoms with Gasteiger partial charge in [-0.05, 0) is 49.1 Å². The van der Waals surface area contributed by atoms with Crippen LogP contribution in [0.3, 0.4) is 0 Å². The molecule has 2 aromatic carbocycles. The average molecular weight is 443 g/mol. The Morgan fingerprint density at radius 1 is 1.06 bits per heavy atom. The van der Waals surface area contributed by atoms with Crippen molar-refractivity contribution in [1.29, 1.82) is 0 Å². The Kier molecular flexibility index (Phi) is 9.10. The van der Waals surface area contributed by atoms with Gasteiger partial charge in [0.15, 0.2) is 0 Å². The molecular weight excluding hydrogens is 412 g/mol. The van der Waals surface area contributed by atoms with E-state index in [1.54, 1.807) is 13.8 Å². The molecule has 0 spiro atoms. The number of sulfonamides is 1. The summed E-state index contributed by atoms with van der Waals surface area (Å²) in [5.41, 5.74) is 3.19. The first-order valence-corrected chi connectivity index (χ1v) is 12.1. The second-order valence-corrected chi connectivity index (χ2v) is 9.53. The number of nitrogens with one attached hydrogen (secondary N) is 2. The molecule has 0 aliphatic heterocycles. The van der Waals surface area contributed by atoms with Gasteiger partial charge in [0.1, 0.15) is 18.4 Å². The van der Waals surface area contributed by atoms with Crippen molar-refractivity contribution in [3.05, 3.63) is 65.2 Å². The summed E-state index contributed by atoms with van der Waals surface area (Å²) in [6, 6.07) is 14.8. The summed E-state index contributed by atoms with van der Waals surface area (Å²) in [5, 5.41) is 2.80. The first-order chi connectivity index (χ1) is 14.6. The van der Waals surface area contributed by atoms with Crippen LogP contribution in [-0.2, 0) is 21.2 Å². The Morgan fingerprint density at radius 2 is 1.71 bits per heavy atom. The second kappa shape index (κ2) is 11.5. The lowest BCUT2D eigenvalue weighted by Gasteiger charge is -2.20. The molecule has 0 fully saturated rings. The van der Waals surface area contributed by atoms with Crippen LogP contribution in [0, 0.1) is 24.7 Å². The molecular formula is C24H30N2O4S. The molecule has 2 aromatic rings. The van der Waals surface area contributed by atoms with Gasteiger partial charge < -0.3 is 10.1 Å². The number of rotatable bonds is 9. The van der Waals surface area contributed by atoms with Gasteiger partial charge in [-0.1, -0.05) is 55.5 Å². The van der Waals surface area contributed by atoms with Gasteiger partial charge in [-0.25, -0.2) is 13.1 Å². The number of hydrogen-bond donors (Lipinski definition) is 2. The van der Waals surface area contributed by atoms with Crippen LogP contribution < -0.4 is 14.8 Å². The molecule has 0 aliphatic rings. The summed E-state index contributed by atoms with van der Waals surface area (Å²) in [4.78, 5) is 12.3. The molecule has 1 unspecified atom stereocenters. The molecule has 2 N–H and O–H groups in total. The Bertz CT molecular complexity index is 1020. The lowest BCUT2D eigenvalue weighted by atomic mass is 10.0. The van der Waals surface area contributed by atoms with Gasteiger partial charge in [-0.3, -0.25) is 4.79 Å². The minimum atomic E-state index is -3.46. The van der Waals surface area contributed by atoms with Gasteiger partial charge >= 0.3 is 0 Å². The monoisotopic (exact) mass is 442 g/mol. The largest absolute Gasteiger partial charge is 0.481 e. The van der Waals surface area contributed by atoms with E-state index < -0.39 is 16.1 Å². The summed E-state index contributed by atoms with van der Waals surface area (Å²) in [6.07, 6.45) is 1.68. The number of carbonyl (C=O) groups is 1. The van der Waals surface area contributed by atoms with Crippen LogP contribution in [0.4, 0.5) is 0 Å². The fourth-order valence-corrected chi connectivity index (χ4v) is 3.65. The van der Waals surface area contributed by atoms with Crippen molar-refractivity contribution in [1.82, 2.24) is 10.0 Å². The van der Waals surface area contributed by atoms with Gasteiger partial charge in [0, 0.05) is 12.1 Å². The van der Waals surface area contributed by atoms with E-state index in [1.165, 1.54) is 5.56 Å². The fourth-order valence-electron chi connectivity index (χ4n) is 2.81. The van der Waals surface area contributed by atoms with E-state index in [0.717, 1.165) is 23.1 Å². The van der Waals surface area contributed by atoms with Gasteiger partial charge in [-0.2, -0.15) is 0 Å². The topological polar surface area (TPSA) is 84.5 Å². The maximum atomic E-state index is 12.3. The van der Waals surface area contributed by atoms with Crippen LogP contribution in [0.25, 0.3) is 0 Å². The minimum absolute atomic E-state index is 0.153. The third-order valence-corrected chi connectivity index (χ3v) is 5.20.